The van der Waals surface area contributed by atoms with Crippen LogP contribution in [-0.2, 0) is 16.6 Å². The summed E-state index contributed by atoms with van der Waals surface area (Å²) in [4.78, 5) is 0. The van der Waals surface area contributed by atoms with Gasteiger partial charge in [-0.05, 0) is 30.7 Å². The zero-order valence-electron chi connectivity index (χ0n) is 10.8. The maximum atomic E-state index is 11.9. The molecule has 0 atom stereocenters. The predicted octanol–water partition coefficient (Wildman–Crippen LogP) is 0.806. The first-order chi connectivity index (χ1) is 8.49. The molecular weight excluding hydrogens is 252 g/mol. The summed E-state index contributed by atoms with van der Waals surface area (Å²) >= 11 is 0. The van der Waals surface area contributed by atoms with Crippen LogP contribution in [0.15, 0.2) is 24.3 Å². The van der Waals surface area contributed by atoms with Crippen molar-refractivity contribution in [2.24, 2.45) is 5.73 Å². The summed E-state index contributed by atoms with van der Waals surface area (Å²) in [5, 5.41) is 0. The van der Waals surface area contributed by atoms with E-state index >= 15 is 0 Å². The molecule has 0 aromatic heterocycles. The van der Waals surface area contributed by atoms with Gasteiger partial charge in [0.05, 0.1) is 12.9 Å². The maximum absolute atomic E-state index is 11.9. The molecule has 1 aromatic carbocycles. The lowest BCUT2D eigenvalue weighted by Gasteiger charge is -2.17. The van der Waals surface area contributed by atoms with Crippen LogP contribution in [0.3, 0.4) is 0 Å². The number of rotatable bonds is 7. The molecule has 0 fully saturated rings. The Bertz CT molecular complexity index is 457. The van der Waals surface area contributed by atoms with Gasteiger partial charge in [0, 0.05) is 13.6 Å². The van der Waals surface area contributed by atoms with Gasteiger partial charge in [0.1, 0.15) is 5.75 Å². The number of sulfonamides is 1. The van der Waals surface area contributed by atoms with Gasteiger partial charge < -0.3 is 10.5 Å². The quantitative estimate of drug-likeness (QED) is 0.797. The summed E-state index contributed by atoms with van der Waals surface area (Å²) in [6.45, 7) is 0.743. The Kier molecular flexibility index (Phi) is 5.58. The highest BCUT2D eigenvalue weighted by Gasteiger charge is 2.17. The highest BCUT2D eigenvalue weighted by Crippen LogP contribution is 2.14. The molecule has 0 saturated heterocycles. The summed E-state index contributed by atoms with van der Waals surface area (Å²) in [7, 11) is -0.0391. The van der Waals surface area contributed by atoms with Crippen LogP contribution in [0.2, 0.25) is 0 Å². The van der Waals surface area contributed by atoms with Gasteiger partial charge in [0.15, 0.2) is 0 Å². The molecule has 0 radical (unpaired) electrons. The molecule has 0 unspecified atom stereocenters. The largest absolute Gasteiger partial charge is 0.497 e. The molecule has 0 amide bonds. The molecule has 1 rings (SSSR count). The van der Waals surface area contributed by atoms with Crippen LogP contribution >= 0.6 is 0 Å². The highest BCUT2D eigenvalue weighted by molar-refractivity contribution is 7.89. The summed E-state index contributed by atoms with van der Waals surface area (Å²) in [5.74, 6) is 0.850. The molecule has 0 spiro atoms. The van der Waals surface area contributed by atoms with Gasteiger partial charge in [0.25, 0.3) is 0 Å². The molecular formula is C12H20N2O3S. The number of hydrogen-bond acceptors (Lipinski definition) is 4. The van der Waals surface area contributed by atoms with Gasteiger partial charge in [-0.15, -0.1) is 0 Å². The Morgan fingerprint density at radius 3 is 2.39 bits per heavy atom. The van der Waals surface area contributed by atoms with Gasteiger partial charge in [-0.25, -0.2) is 12.7 Å². The number of hydrogen-bond donors (Lipinski definition) is 1. The topological polar surface area (TPSA) is 72.6 Å². The molecule has 5 nitrogen and oxygen atoms in total. The van der Waals surface area contributed by atoms with Crippen molar-refractivity contribution in [1.82, 2.24) is 4.31 Å². The molecule has 2 N–H and O–H groups in total. The Morgan fingerprint density at radius 2 is 1.89 bits per heavy atom. The molecule has 0 aliphatic heterocycles. The van der Waals surface area contributed by atoms with Crippen molar-refractivity contribution in [2.75, 3.05) is 26.5 Å². The number of methoxy groups -OCH3 is 1. The van der Waals surface area contributed by atoms with Gasteiger partial charge >= 0.3 is 0 Å². The summed E-state index contributed by atoms with van der Waals surface area (Å²) in [6, 6.07) is 7.34. The molecule has 0 heterocycles. The van der Waals surface area contributed by atoms with E-state index in [2.05, 4.69) is 0 Å². The number of benzene rings is 1. The number of nitrogens with zero attached hydrogens (tertiary/aromatic N) is 1. The standard InChI is InChI=1S/C12H20N2O3S/c1-14(18(15,16)9-3-8-13)10-11-4-6-12(17-2)7-5-11/h4-7H,3,8-10,13H2,1-2H3. The van der Waals surface area contributed by atoms with Crippen LogP contribution < -0.4 is 10.5 Å². The van der Waals surface area contributed by atoms with E-state index in [4.69, 9.17) is 10.5 Å². The van der Waals surface area contributed by atoms with Gasteiger partial charge in [-0.1, -0.05) is 12.1 Å². The average molecular weight is 272 g/mol. The Morgan fingerprint density at radius 1 is 1.28 bits per heavy atom. The van der Waals surface area contributed by atoms with Gasteiger partial charge in [0.2, 0.25) is 10.0 Å². The Hall–Kier alpha value is -1.11. The lowest BCUT2D eigenvalue weighted by atomic mass is 10.2. The van der Waals surface area contributed by atoms with Crippen molar-refractivity contribution in [3.63, 3.8) is 0 Å². The summed E-state index contributed by atoms with van der Waals surface area (Å²) < 4.78 is 30.1. The van der Waals surface area contributed by atoms with Gasteiger partial charge in [-0.2, -0.15) is 0 Å². The van der Waals surface area contributed by atoms with Crippen molar-refractivity contribution in [3.05, 3.63) is 29.8 Å². The normalized spacial score (nSPS) is 11.8. The zero-order chi connectivity index (χ0) is 13.6. The summed E-state index contributed by atoms with van der Waals surface area (Å²) in [6.07, 6.45) is 0.481. The van der Waals surface area contributed by atoms with Crippen molar-refractivity contribution in [1.29, 1.82) is 0 Å². The first-order valence-electron chi connectivity index (χ1n) is 5.76. The van der Waals surface area contributed by atoms with Gasteiger partial charge in [-0.3, -0.25) is 0 Å². The maximum Gasteiger partial charge on any atom is 0.214 e. The van der Waals surface area contributed by atoms with E-state index in [0.717, 1.165) is 11.3 Å². The van der Waals surface area contributed by atoms with E-state index in [0.29, 0.717) is 19.5 Å². The lowest BCUT2D eigenvalue weighted by Crippen LogP contribution is -2.29. The Balaban J connectivity index is 2.65. The van der Waals surface area contributed by atoms with E-state index in [1.54, 1.807) is 14.2 Å². The lowest BCUT2D eigenvalue weighted by molar-refractivity contribution is 0.414. The predicted molar refractivity (Wildman–Crippen MR) is 71.9 cm³/mol. The van der Waals surface area contributed by atoms with Crippen molar-refractivity contribution in [3.8, 4) is 5.75 Å². The SMILES string of the molecule is COc1ccc(CN(C)S(=O)(=O)CCCN)cc1. The second kappa shape index (κ2) is 6.72. The molecule has 0 bridgehead atoms. The molecule has 102 valence electrons. The Labute approximate surface area is 109 Å². The van der Waals surface area contributed by atoms with Crippen LogP contribution in [0, 0.1) is 0 Å². The molecule has 0 aliphatic rings. The third-order valence-electron chi connectivity index (χ3n) is 2.65. The van der Waals surface area contributed by atoms with Crippen LogP contribution in [0.4, 0.5) is 0 Å². The minimum Gasteiger partial charge on any atom is -0.497 e. The minimum absolute atomic E-state index is 0.0934. The third kappa shape index (κ3) is 4.29. The minimum atomic E-state index is -3.21. The molecule has 0 saturated carbocycles. The van der Waals surface area contributed by atoms with Crippen LogP contribution in [0.1, 0.15) is 12.0 Å². The van der Waals surface area contributed by atoms with E-state index in [1.807, 2.05) is 24.3 Å². The number of ether oxygens (including phenoxy) is 1. The fourth-order valence-electron chi connectivity index (χ4n) is 1.51. The second-order valence-electron chi connectivity index (χ2n) is 4.06. The molecule has 1 aromatic rings. The summed E-state index contributed by atoms with van der Waals surface area (Å²) in [5.41, 5.74) is 6.25. The molecule has 6 heteroatoms. The fraction of sp³-hybridized carbons (Fsp3) is 0.500. The van der Waals surface area contributed by atoms with E-state index in [-0.39, 0.29) is 5.75 Å². The first kappa shape index (κ1) is 14.9. The number of nitrogens with two attached hydrogens (primary N) is 1. The third-order valence-corrected chi connectivity index (χ3v) is 4.53. The smallest absolute Gasteiger partial charge is 0.214 e. The van der Waals surface area contributed by atoms with Crippen LogP contribution in [0.25, 0.3) is 0 Å². The van der Waals surface area contributed by atoms with Crippen molar-refractivity contribution >= 4 is 10.0 Å². The zero-order valence-corrected chi connectivity index (χ0v) is 11.6. The first-order valence-corrected chi connectivity index (χ1v) is 7.37. The molecule has 0 aliphatic carbocycles. The average Bonchev–Trinajstić information content (AvgIpc) is 2.37. The van der Waals surface area contributed by atoms with Crippen LogP contribution in [-0.4, -0.2) is 39.2 Å². The second-order valence-corrected chi connectivity index (χ2v) is 6.26. The van der Waals surface area contributed by atoms with Crippen molar-refractivity contribution < 1.29 is 13.2 Å². The molecule has 18 heavy (non-hydrogen) atoms. The van der Waals surface area contributed by atoms with E-state index < -0.39 is 10.0 Å². The van der Waals surface area contributed by atoms with E-state index in [9.17, 15) is 8.42 Å². The highest BCUT2D eigenvalue weighted by atomic mass is 32.2. The van der Waals surface area contributed by atoms with Crippen molar-refractivity contribution in [2.45, 2.75) is 13.0 Å². The fourth-order valence-corrected chi connectivity index (χ4v) is 2.70. The monoisotopic (exact) mass is 272 g/mol. The van der Waals surface area contributed by atoms with E-state index in [1.165, 1.54) is 4.31 Å². The van der Waals surface area contributed by atoms with Crippen LogP contribution in [0.5, 0.6) is 5.75 Å².